The molecule has 18 heavy (non-hydrogen) atoms. The fraction of sp³-hybridized carbons (Fsp3) is 0.429. The van der Waals surface area contributed by atoms with Gasteiger partial charge in [0, 0.05) is 28.9 Å². The van der Waals surface area contributed by atoms with Gasteiger partial charge in [0.1, 0.15) is 5.01 Å². The fourth-order valence-corrected chi connectivity index (χ4v) is 3.18. The maximum atomic E-state index is 4.68. The molecule has 0 saturated heterocycles. The van der Waals surface area contributed by atoms with E-state index in [1.165, 1.54) is 10.4 Å². The van der Waals surface area contributed by atoms with Crippen LogP contribution in [-0.4, -0.2) is 16.5 Å². The number of nitrogens with zero attached hydrogens (tertiary/aromatic N) is 2. The molecule has 0 spiro atoms. The highest BCUT2D eigenvalue weighted by Crippen LogP contribution is 2.32. The zero-order chi connectivity index (χ0) is 13.1. The van der Waals surface area contributed by atoms with Crippen LogP contribution in [0.2, 0.25) is 0 Å². The second-order valence-electron chi connectivity index (χ2n) is 4.44. The highest BCUT2D eigenvalue weighted by molar-refractivity contribution is 7.15. The second-order valence-corrected chi connectivity index (χ2v) is 5.47. The Morgan fingerprint density at radius 2 is 2.17 bits per heavy atom. The lowest BCUT2D eigenvalue weighted by Crippen LogP contribution is -2.17. The zero-order valence-electron chi connectivity index (χ0n) is 11.3. The van der Waals surface area contributed by atoms with Crippen molar-refractivity contribution in [2.75, 3.05) is 6.54 Å². The Kier molecular flexibility index (Phi) is 4.09. The Hall–Kier alpha value is -1.26. The molecule has 0 aliphatic heterocycles. The van der Waals surface area contributed by atoms with Crippen LogP contribution in [0.15, 0.2) is 18.5 Å². The van der Waals surface area contributed by atoms with Gasteiger partial charge in [-0.2, -0.15) is 0 Å². The molecule has 0 bridgehead atoms. The number of rotatable bonds is 4. The van der Waals surface area contributed by atoms with Gasteiger partial charge in [-0.1, -0.05) is 6.92 Å². The van der Waals surface area contributed by atoms with Crippen LogP contribution in [0.3, 0.4) is 0 Å². The highest BCUT2D eigenvalue weighted by Gasteiger charge is 2.15. The van der Waals surface area contributed by atoms with Crippen molar-refractivity contribution >= 4 is 11.3 Å². The average Bonchev–Trinajstić information content (AvgIpc) is 2.72. The summed E-state index contributed by atoms with van der Waals surface area (Å²) in [7, 11) is 0. The summed E-state index contributed by atoms with van der Waals surface area (Å²) in [6.45, 7) is 9.46. The predicted molar refractivity (Wildman–Crippen MR) is 76.9 cm³/mol. The van der Waals surface area contributed by atoms with Gasteiger partial charge in [-0.05, 0) is 38.9 Å². The summed E-state index contributed by atoms with van der Waals surface area (Å²) >= 11 is 1.76. The van der Waals surface area contributed by atoms with E-state index in [4.69, 9.17) is 0 Å². The van der Waals surface area contributed by atoms with Crippen LogP contribution in [0.1, 0.15) is 36.0 Å². The Bertz CT molecular complexity index is 534. The first-order valence-corrected chi connectivity index (χ1v) is 7.06. The molecule has 1 atom stereocenters. The van der Waals surface area contributed by atoms with Gasteiger partial charge < -0.3 is 5.32 Å². The molecule has 3 nitrogen and oxygen atoms in total. The number of nitrogens with one attached hydrogen (secondary N) is 1. The van der Waals surface area contributed by atoms with E-state index >= 15 is 0 Å². The Morgan fingerprint density at radius 1 is 1.39 bits per heavy atom. The molecule has 2 aromatic heterocycles. The lowest BCUT2D eigenvalue weighted by atomic mass is 10.2. The molecule has 0 aromatic carbocycles. The van der Waals surface area contributed by atoms with Gasteiger partial charge in [0.2, 0.25) is 0 Å². The van der Waals surface area contributed by atoms with Crippen LogP contribution in [0.5, 0.6) is 0 Å². The molecular weight excluding hydrogens is 242 g/mol. The number of hydrogen-bond donors (Lipinski definition) is 1. The minimum atomic E-state index is 0.359. The summed E-state index contributed by atoms with van der Waals surface area (Å²) in [5.74, 6) is 0. The first kappa shape index (κ1) is 13.2. The molecule has 0 saturated carbocycles. The number of pyridine rings is 1. The van der Waals surface area contributed by atoms with E-state index in [0.717, 1.165) is 22.8 Å². The average molecular weight is 261 g/mol. The molecule has 2 rings (SSSR count). The van der Waals surface area contributed by atoms with Crippen LogP contribution in [0.4, 0.5) is 0 Å². The topological polar surface area (TPSA) is 37.8 Å². The van der Waals surface area contributed by atoms with Crippen molar-refractivity contribution in [1.29, 1.82) is 0 Å². The van der Waals surface area contributed by atoms with Gasteiger partial charge in [0.25, 0.3) is 0 Å². The number of aryl methyl sites for hydroxylation is 2. The molecule has 2 heterocycles. The summed E-state index contributed by atoms with van der Waals surface area (Å²) < 4.78 is 0. The van der Waals surface area contributed by atoms with Crippen molar-refractivity contribution < 1.29 is 0 Å². The zero-order valence-corrected chi connectivity index (χ0v) is 12.1. The van der Waals surface area contributed by atoms with E-state index in [1.54, 1.807) is 11.3 Å². The highest BCUT2D eigenvalue weighted by atomic mass is 32.1. The molecule has 1 unspecified atom stereocenters. The van der Waals surface area contributed by atoms with Crippen LogP contribution in [-0.2, 0) is 0 Å². The van der Waals surface area contributed by atoms with Crippen molar-refractivity contribution in [3.63, 3.8) is 0 Å². The molecule has 0 aliphatic carbocycles. The molecular formula is C14H19N3S. The molecule has 0 aliphatic rings. The second kappa shape index (κ2) is 5.59. The Morgan fingerprint density at radius 3 is 2.83 bits per heavy atom. The molecule has 1 N–H and O–H groups in total. The molecule has 2 aromatic rings. The van der Waals surface area contributed by atoms with Gasteiger partial charge in [0.15, 0.2) is 0 Å². The van der Waals surface area contributed by atoms with Crippen molar-refractivity contribution in [2.45, 2.75) is 33.7 Å². The predicted octanol–water partition coefficient (Wildman–Crippen LogP) is 3.49. The molecule has 4 heteroatoms. The van der Waals surface area contributed by atoms with Gasteiger partial charge in [-0.25, -0.2) is 4.98 Å². The maximum absolute atomic E-state index is 4.68. The quantitative estimate of drug-likeness (QED) is 0.915. The number of thiazole rings is 1. The molecule has 0 amide bonds. The van der Waals surface area contributed by atoms with Crippen LogP contribution < -0.4 is 5.32 Å². The Balaban J connectivity index is 2.37. The molecule has 0 radical (unpaired) electrons. The van der Waals surface area contributed by atoms with E-state index in [1.807, 2.05) is 18.5 Å². The van der Waals surface area contributed by atoms with Gasteiger partial charge in [-0.15, -0.1) is 11.3 Å². The van der Waals surface area contributed by atoms with Crippen molar-refractivity contribution in [3.05, 3.63) is 34.6 Å². The Labute approximate surface area is 112 Å². The van der Waals surface area contributed by atoms with Gasteiger partial charge >= 0.3 is 0 Å². The van der Waals surface area contributed by atoms with E-state index in [9.17, 15) is 0 Å². The minimum absolute atomic E-state index is 0.359. The largest absolute Gasteiger partial charge is 0.310 e. The molecule has 0 fully saturated rings. The summed E-state index contributed by atoms with van der Waals surface area (Å²) in [6, 6.07) is 2.39. The third kappa shape index (κ3) is 2.60. The summed E-state index contributed by atoms with van der Waals surface area (Å²) in [6.07, 6.45) is 3.72. The minimum Gasteiger partial charge on any atom is -0.310 e. The third-order valence-corrected chi connectivity index (χ3v) is 4.38. The van der Waals surface area contributed by atoms with Crippen LogP contribution in [0.25, 0.3) is 10.6 Å². The first-order valence-electron chi connectivity index (χ1n) is 6.25. The monoisotopic (exact) mass is 261 g/mol. The van der Waals surface area contributed by atoms with E-state index in [0.29, 0.717) is 6.04 Å². The van der Waals surface area contributed by atoms with Crippen molar-refractivity contribution in [2.24, 2.45) is 0 Å². The van der Waals surface area contributed by atoms with E-state index in [2.05, 4.69) is 43.0 Å². The third-order valence-electron chi connectivity index (χ3n) is 3.01. The lowest BCUT2D eigenvalue weighted by Gasteiger charge is -2.09. The summed E-state index contributed by atoms with van der Waals surface area (Å²) in [4.78, 5) is 10.2. The van der Waals surface area contributed by atoms with Crippen LogP contribution in [0, 0.1) is 13.8 Å². The standard InChI is InChI=1S/C14H19N3S/c1-5-16-10(3)13-11(4)17-14(18-13)12-8-15-7-6-9(12)2/h6-8,10,16H,5H2,1-4H3. The SMILES string of the molecule is CCNC(C)c1sc(-c2cnccc2C)nc1C. The molecule has 96 valence electrons. The van der Waals surface area contributed by atoms with Crippen LogP contribution >= 0.6 is 11.3 Å². The maximum Gasteiger partial charge on any atom is 0.125 e. The van der Waals surface area contributed by atoms with Gasteiger partial charge in [0.05, 0.1) is 5.69 Å². The summed E-state index contributed by atoms with van der Waals surface area (Å²) in [5.41, 5.74) is 3.48. The fourth-order valence-electron chi connectivity index (χ4n) is 2.01. The number of hydrogen-bond acceptors (Lipinski definition) is 4. The normalized spacial score (nSPS) is 12.7. The van der Waals surface area contributed by atoms with E-state index < -0.39 is 0 Å². The first-order chi connectivity index (χ1) is 8.63. The lowest BCUT2D eigenvalue weighted by molar-refractivity contribution is 0.603. The van der Waals surface area contributed by atoms with Gasteiger partial charge in [-0.3, -0.25) is 4.98 Å². The number of aromatic nitrogens is 2. The van der Waals surface area contributed by atoms with E-state index in [-0.39, 0.29) is 0 Å². The summed E-state index contributed by atoms with van der Waals surface area (Å²) in [5, 5.41) is 4.50. The van der Waals surface area contributed by atoms with Crippen molar-refractivity contribution in [3.8, 4) is 10.6 Å². The smallest absolute Gasteiger partial charge is 0.125 e. The van der Waals surface area contributed by atoms with Crippen molar-refractivity contribution in [1.82, 2.24) is 15.3 Å².